The highest BCUT2D eigenvalue weighted by atomic mass is 16.5. The SMILES string of the molecule is CCCCc1ccc(OC)c2c1C(C)C/C=C/C(NC(=O)N1CCC(C)(O)CC1)=N2. The van der Waals surface area contributed by atoms with Crippen molar-refractivity contribution >= 4 is 17.6 Å². The number of benzene rings is 1. The van der Waals surface area contributed by atoms with E-state index >= 15 is 0 Å². The molecule has 0 aliphatic carbocycles. The Morgan fingerprint density at radius 2 is 2.10 bits per heavy atom. The van der Waals surface area contributed by atoms with Crippen molar-refractivity contribution in [3.8, 4) is 5.75 Å². The van der Waals surface area contributed by atoms with Gasteiger partial charge in [0.05, 0.1) is 12.7 Å². The number of piperidine rings is 1. The number of methoxy groups -OCH3 is 1. The van der Waals surface area contributed by atoms with Gasteiger partial charge < -0.3 is 14.7 Å². The molecule has 0 bridgehead atoms. The number of likely N-dealkylation sites (tertiary alicyclic amines) is 1. The average molecular weight is 414 g/mol. The summed E-state index contributed by atoms with van der Waals surface area (Å²) in [7, 11) is 1.66. The molecule has 0 saturated carbocycles. The van der Waals surface area contributed by atoms with Crippen molar-refractivity contribution in [1.29, 1.82) is 0 Å². The van der Waals surface area contributed by atoms with E-state index in [0.717, 1.165) is 37.1 Å². The van der Waals surface area contributed by atoms with Crippen molar-refractivity contribution < 1.29 is 14.6 Å². The van der Waals surface area contributed by atoms with Crippen molar-refractivity contribution in [2.75, 3.05) is 20.2 Å². The highest BCUT2D eigenvalue weighted by Crippen LogP contribution is 2.41. The minimum Gasteiger partial charge on any atom is -0.494 e. The van der Waals surface area contributed by atoms with Crippen LogP contribution < -0.4 is 10.1 Å². The Balaban J connectivity index is 1.89. The molecule has 2 amide bonds. The van der Waals surface area contributed by atoms with Gasteiger partial charge in [-0.15, -0.1) is 0 Å². The number of hydrogen-bond donors (Lipinski definition) is 2. The van der Waals surface area contributed by atoms with Crippen LogP contribution in [-0.2, 0) is 6.42 Å². The molecule has 1 aromatic carbocycles. The first-order chi connectivity index (χ1) is 14.3. The Labute approximate surface area is 180 Å². The zero-order valence-electron chi connectivity index (χ0n) is 18.7. The fraction of sp³-hybridized carbons (Fsp3) is 0.583. The summed E-state index contributed by atoms with van der Waals surface area (Å²) < 4.78 is 5.63. The molecule has 3 rings (SSSR count). The Hall–Kier alpha value is -2.34. The number of amides is 2. The fourth-order valence-electron chi connectivity index (χ4n) is 4.15. The molecule has 6 nitrogen and oxygen atoms in total. The molecule has 1 fully saturated rings. The number of carbonyl (C=O) groups excluding carboxylic acids is 1. The number of unbranched alkanes of at least 4 members (excludes halogenated alkanes) is 1. The van der Waals surface area contributed by atoms with Crippen LogP contribution in [0.2, 0.25) is 0 Å². The number of aryl methyl sites for hydroxylation is 1. The third-order valence-electron chi connectivity index (χ3n) is 6.14. The van der Waals surface area contributed by atoms with E-state index in [-0.39, 0.29) is 6.03 Å². The van der Waals surface area contributed by atoms with Crippen molar-refractivity contribution in [1.82, 2.24) is 10.2 Å². The molecule has 0 aromatic heterocycles. The molecule has 1 unspecified atom stereocenters. The first kappa shape index (κ1) is 22.3. The second kappa shape index (κ2) is 9.65. The zero-order valence-corrected chi connectivity index (χ0v) is 18.7. The molecule has 1 saturated heterocycles. The lowest BCUT2D eigenvalue weighted by atomic mass is 9.88. The number of nitrogens with one attached hydrogen (secondary N) is 1. The van der Waals surface area contributed by atoms with Crippen molar-refractivity contribution in [3.05, 3.63) is 35.4 Å². The van der Waals surface area contributed by atoms with Crippen LogP contribution >= 0.6 is 0 Å². The molecule has 0 spiro atoms. The molecule has 2 aliphatic rings. The molecule has 30 heavy (non-hydrogen) atoms. The lowest BCUT2D eigenvalue weighted by molar-refractivity contribution is 0.00484. The number of nitrogens with zero attached hydrogens (tertiary/aromatic N) is 2. The summed E-state index contributed by atoms with van der Waals surface area (Å²) >= 11 is 0. The molecule has 2 N–H and O–H groups in total. The zero-order chi connectivity index (χ0) is 21.7. The summed E-state index contributed by atoms with van der Waals surface area (Å²) in [6.45, 7) is 7.31. The normalized spacial score (nSPS) is 21.7. The lowest BCUT2D eigenvalue weighted by Crippen LogP contribution is -2.49. The molecule has 0 radical (unpaired) electrons. The minimum atomic E-state index is -0.689. The lowest BCUT2D eigenvalue weighted by Gasteiger charge is -2.35. The van der Waals surface area contributed by atoms with Crippen molar-refractivity contribution in [3.63, 3.8) is 0 Å². The number of urea groups is 1. The predicted molar refractivity (Wildman–Crippen MR) is 121 cm³/mol. The predicted octanol–water partition coefficient (Wildman–Crippen LogP) is 4.69. The van der Waals surface area contributed by atoms with E-state index in [9.17, 15) is 9.90 Å². The molecule has 164 valence electrons. The van der Waals surface area contributed by atoms with Gasteiger partial charge in [0.15, 0.2) is 0 Å². The first-order valence-corrected chi connectivity index (χ1v) is 11.1. The minimum absolute atomic E-state index is 0.176. The van der Waals surface area contributed by atoms with E-state index in [0.29, 0.717) is 37.7 Å². The maximum absolute atomic E-state index is 12.8. The number of amidine groups is 1. The Bertz CT molecular complexity index is 819. The monoisotopic (exact) mass is 413 g/mol. The van der Waals surface area contributed by atoms with Crippen LogP contribution in [0.1, 0.15) is 69.9 Å². The maximum atomic E-state index is 12.8. The number of aliphatic imine (C=N–C) groups is 1. The summed E-state index contributed by atoms with van der Waals surface area (Å²) in [4.78, 5) is 19.4. The van der Waals surface area contributed by atoms with Crippen LogP contribution in [0.3, 0.4) is 0 Å². The van der Waals surface area contributed by atoms with Gasteiger partial charge in [-0.25, -0.2) is 9.79 Å². The van der Waals surface area contributed by atoms with Gasteiger partial charge in [0.1, 0.15) is 17.3 Å². The van der Waals surface area contributed by atoms with Crippen LogP contribution in [0.15, 0.2) is 29.3 Å². The molecular weight excluding hydrogens is 378 g/mol. The number of carbonyl (C=O) groups is 1. The third kappa shape index (κ3) is 5.22. The highest BCUT2D eigenvalue weighted by molar-refractivity contribution is 6.05. The largest absolute Gasteiger partial charge is 0.494 e. The second-order valence-corrected chi connectivity index (χ2v) is 8.74. The number of fused-ring (bicyclic) bond motifs is 1. The van der Waals surface area contributed by atoms with Gasteiger partial charge in [0, 0.05) is 13.1 Å². The fourth-order valence-corrected chi connectivity index (χ4v) is 4.15. The van der Waals surface area contributed by atoms with E-state index in [1.807, 2.05) is 19.1 Å². The summed E-state index contributed by atoms with van der Waals surface area (Å²) in [5, 5.41) is 13.1. The van der Waals surface area contributed by atoms with E-state index in [2.05, 4.69) is 31.3 Å². The van der Waals surface area contributed by atoms with Crippen molar-refractivity contribution in [2.45, 2.75) is 70.8 Å². The molecule has 2 aliphatic heterocycles. The van der Waals surface area contributed by atoms with E-state index in [1.165, 1.54) is 11.1 Å². The smallest absolute Gasteiger partial charge is 0.323 e. The third-order valence-corrected chi connectivity index (χ3v) is 6.14. The van der Waals surface area contributed by atoms with Gasteiger partial charge in [-0.05, 0) is 68.2 Å². The number of aliphatic hydroxyl groups is 1. The quantitative estimate of drug-likeness (QED) is 0.752. The Morgan fingerprint density at radius 1 is 1.37 bits per heavy atom. The average Bonchev–Trinajstić information content (AvgIpc) is 2.70. The summed E-state index contributed by atoms with van der Waals surface area (Å²) in [5.74, 6) is 1.58. The molecule has 1 atom stereocenters. The second-order valence-electron chi connectivity index (χ2n) is 8.74. The highest BCUT2D eigenvalue weighted by Gasteiger charge is 2.30. The van der Waals surface area contributed by atoms with Crippen LogP contribution in [-0.4, -0.2) is 47.7 Å². The van der Waals surface area contributed by atoms with Gasteiger partial charge in [-0.2, -0.15) is 0 Å². The first-order valence-electron chi connectivity index (χ1n) is 11.1. The van der Waals surface area contributed by atoms with Gasteiger partial charge in [-0.1, -0.05) is 32.4 Å². The van der Waals surface area contributed by atoms with Crippen LogP contribution in [0.4, 0.5) is 10.5 Å². The van der Waals surface area contributed by atoms with Crippen LogP contribution in [0, 0.1) is 0 Å². The van der Waals surface area contributed by atoms with Gasteiger partial charge in [-0.3, -0.25) is 5.32 Å². The number of rotatable bonds is 4. The van der Waals surface area contributed by atoms with E-state index in [1.54, 1.807) is 12.0 Å². The van der Waals surface area contributed by atoms with E-state index < -0.39 is 5.60 Å². The number of allylic oxidation sites excluding steroid dienone is 1. The van der Waals surface area contributed by atoms with E-state index in [4.69, 9.17) is 9.73 Å². The van der Waals surface area contributed by atoms with Crippen LogP contribution in [0.5, 0.6) is 5.75 Å². The summed E-state index contributed by atoms with van der Waals surface area (Å²) in [6.07, 6.45) is 9.29. The topological polar surface area (TPSA) is 74.2 Å². The van der Waals surface area contributed by atoms with Gasteiger partial charge >= 0.3 is 6.03 Å². The number of ether oxygens (including phenoxy) is 1. The molecular formula is C24H35N3O3. The standard InChI is InChI=1S/C24H35N3O3/c1-5-6-9-18-11-12-19(30-4)22-21(18)17(2)8-7-10-20(25-22)26-23(28)27-15-13-24(3,29)14-16-27/h7,10-12,17,29H,5-6,8-9,13-16H2,1-4H3,(H,25,26,28)/b10-7+. The van der Waals surface area contributed by atoms with Crippen LogP contribution in [0.25, 0.3) is 0 Å². The Kier molecular flexibility index (Phi) is 7.19. The number of hydrogen-bond acceptors (Lipinski definition) is 4. The summed E-state index contributed by atoms with van der Waals surface area (Å²) in [5.41, 5.74) is 2.65. The summed E-state index contributed by atoms with van der Waals surface area (Å²) in [6, 6.07) is 3.96. The Morgan fingerprint density at radius 3 is 2.77 bits per heavy atom. The molecule has 1 aromatic rings. The van der Waals surface area contributed by atoms with Crippen molar-refractivity contribution in [2.24, 2.45) is 4.99 Å². The van der Waals surface area contributed by atoms with Gasteiger partial charge in [0.2, 0.25) is 0 Å². The molecule has 2 heterocycles. The van der Waals surface area contributed by atoms with Gasteiger partial charge in [0.25, 0.3) is 0 Å². The molecule has 6 heteroatoms. The maximum Gasteiger partial charge on any atom is 0.323 e.